The molecule has 1 unspecified atom stereocenters. The molecule has 0 saturated heterocycles. The molecular formula is C9H14F5N3. The van der Waals surface area contributed by atoms with E-state index in [0.29, 0.717) is 5.01 Å². The maximum absolute atomic E-state index is 13.4. The Balaban J connectivity index is 3.11. The van der Waals surface area contributed by atoms with Gasteiger partial charge < -0.3 is 4.90 Å². The summed E-state index contributed by atoms with van der Waals surface area (Å²) in [6, 6.07) is 0. The zero-order valence-electron chi connectivity index (χ0n) is 9.89. The summed E-state index contributed by atoms with van der Waals surface area (Å²) in [6.07, 6.45) is -6.75. The fourth-order valence-corrected chi connectivity index (χ4v) is 1.54. The largest absolute Gasteiger partial charge is 0.457 e. The summed E-state index contributed by atoms with van der Waals surface area (Å²) < 4.78 is 63.8. The number of hydrazone groups is 1. The standard InChI is InChI=1S/C9H14F5N3/c1-7(2,3)17-5-15-16(4)6(17)8(10,11)9(12,13)14/h5-6H,1-4H3. The third kappa shape index (κ3) is 2.30. The molecule has 17 heavy (non-hydrogen) atoms. The quantitative estimate of drug-likeness (QED) is 0.674. The molecule has 8 heteroatoms. The molecular weight excluding hydrogens is 245 g/mol. The second-order valence-corrected chi connectivity index (χ2v) is 4.88. The number of halogens is 5. The van der Waals surface area contributed by atoms with Gasteiger partial charge in [-0.2, -0.15) is 27.1 Å². The van der Waals surface area contributed by atoms with Crippen molar-refractivity contribution in [2.75, 3.05) is 7.05 Å². The monoisotopic (exact) mass is 259 g/mol. The molecule has 0 aliphatic carbocycles. The Morgan fingerprint density at radius 2 is 1.53 bits per heavy atom. The predicted molar refractivity (Wildman–Crippen MR) is 52.6 cm³/mol. The van der Waals surface area contributed by atoms with E-state index in [1.165, 1.54) is 20.8 Å². The summed E-state index contributed by atoms with van der Waals surface area (Å²) in [4.78, 5) is 0.903. The van der Waals surface area contributed by atoms with E-state index >= 15 is 0 Å². The lowest BCUT2D eigenvalue weighted by Crippen LogP contribution is -2.62. The fraction of sp³-hybridized carbons (Fsp3) is 0.889. The summed E-state index contributed by atoms with van der Waals surface area (Å²) in [6.45, 7) is 4.62. The molecule has 1 heterocycles. The molecule has 100 valence electrons. The molecule has 3 nitrogen and oxygen atoms in total. The third-order valence-electron chi connectivity index (χ3n) is 2.45. The highest BCUT2D eigenvalue weighted by Crippen LogP contribution is 2.43. The Bertz CT molecular complexity index is 318. The highest BCUT2D eigenvalue weighted by molar-refractivity contribution is 5.58. The van der Waals surface area contributed by atoms with E-state index in [9.17, 15) is 22.0 Å². The van der Waals surface area contributed by atoms with Crippen molar-refractivity contribution in [2.45, 2.75) is 44.6 Å². The minimum absolute atomic E-state index is 0.624. The van der Waals surface area contributed by atoms with Gasteiger partial charge in [-0.25, -0.2) is 0 Å². The van der Waals surface area contributed by atoms with Crippen molar-refractivity contribution in [3.63, 3.8) is 0 Å². The Labute approximate surface area is 95.9 Å². The van der Waals surface area contributed by atoms with E-state index in [1.807, 2.05) is 0 Å². The van der Waals surface area contributed by atoms with Crippen LogP contribution in [0.4, 0.5) is 22.0 Å². The van der Waals surface area contributed by atoms with Crippen molar-refractivity contribution in [1.29, 1.82) is 0 Å². The number of hydrogen-bond acceptors (Lipinski definition) is 3. The number of rotatable bonds is 1. The zero-order valence-corrected chi connectivity index (χ0v) is 9.89. The normalized spacial score (nSPS) is 22.5. The first kappa shape index (κ1) is 14.0. The van der Waals surface area contributed by atoms with Crippen LogP contribution in [0.25, 0.3) is 0 Å². The van der Waals surface area contributed by atoms with Crippen LogP contribution in [0.2, 0.25) is 0 Å². The second-order valence-electron chi connectivity index (χ2n) is 4.88. The first-order valence-corrected chi connectivity index (χ1v) is 4.89. The van der Waals surface area contributed by atoms with Crippen LogP contribution in [-0.4, -0.2) is 47.1 Å². The fourth-order valence-electron chi connectivity index (χ4n) is 1.54. The highest BCUT2D eigenvalue weighted by atomic mass is 19.4. The smallest absolute Gasteiger partial charge is 0.329 e. The molecule has 0 radical (unpaired) electrons. The van der Waals surface area contributed by atoms with Gasteiger partial charge in [0.05, 0.1) is 0 Å². The summed E-state index contributed by atoms with van der Waals surface area (Å²) in [5, 5.41) is 4.12. The van der Waals surface area contributed by atoms with Crippen molar-refractivity contribution < 1.29 is 22.0 Å². The predicted octanol–water partition coefficient (Wildman–Crippen LogP) is 2.50. The molecule has 0 N–H and O–H groups in total. The van der Waals surface area contributed by atoms with E-state index in [1.54, 1.807) is 0 Å². The molecule has 0 fully saturated rings. The van der Waals surface area contributed by atoms with Gasteiger partial charge in [-0.3, -0.25) is 5.01 Å². The van der Waals surface area contributed by atoms with Crippen molar-refractivity contribution in [3.8, 4) is 0 Å². The van der Waals surface area contributed by atoms with Crippen LogP contribution in [0, 0.1) is 0 Å². The van der Waals surface area contributed by atoms with E-state index in [4.69, 9.17) is 0 Å². The summed E-state index contributed by atoms with van der Waals surface area (Å²) in [5.74, 6) is -4.86. The van der Waals surface area contributed by atoms with Crippen LogP contribution in [-0.2, 0) is 0 Å². The number of nitrogens with zero attached hydrogens (tertiary/aromatic N) is 3. The van der Waals surface area contributed by atoms with Crippen LogP contribution in [0.3, 0.4) is 0 Å². The van der Waals surface area contributed by atoms with Crippen molar-refractivity contribution in [3.05, 3.63) is 0 Å². The lowest BCUT2D eigenvalue weighted by Gasteiger charge is -2.41. The Hall–Kier alpha value is -1.08. The van der Waals surface area contributed by atoms with E-state index in [-0.39, 0.29) is 0 Å². The van der Waals surface area contributed by atoms with Gasteiger partial charge in [-0.05, 0) is 20.8 Å². The van der Waals surface area contributed by atoms with Gasteiger partial charge >= 0.3 is 12.1 Å². The van der Waals surface area contributed by atoms with Gasteiger partial charge in [0.25, 0.3) is 0 Å². The van der Waals surface area contributed by atoms with Gasteiger partial charge in [0.15, 0.2) is 6.17 Å². The number of alkyl halides is 5. The Morgan fingerprint density at radius 1 is 1.06 bits per heavy atom. The van der Waals surface area contributed by atoms with Gasteiger partial charge in [0.2, 0.25) is 0 Å². The lowest BCUT2D eigenvalue weighted by molar-refractivity contribution is -0.315. The third-order valence-corrected chi connectivity index (χ3v) is 2.45. The molecule has 1 atom stereocenters. The van der Waals surface area contributed by atoms with Crippen LogP contribution in [0.5, 0.6) is 0 Å². The zero-order chi connectivity index (χ0) is 13.6. The van der Waals surface area contributed by atoms with Gasteiger partial charge in [-0.15, -0.1) is 0 Å². The van der Waals surface area contributed by atoms with Crippen LogP contribution < -0.4 is 0 Å². The molecule has 1 rings (SSSR count). The molecule has 0 saturated carbocycles. The van der Waals surface area contributed by atoms with Gasteiger partial charge in [0.1, 0.15) is 6.34 Å². The first-order chi connectivity index (χ1) is 7.39. The maximum Gasteiger partial charge on any atom is 0.457 e. The molecule has 0 aromatic heterocycles. The van der Waals surface area contributed by atoms with Crippen LogP contribution >= 0.6 is 0 Å². The van der Waals surface area contributed by atoms with Crippen molar-refractivity contribution in [2.24, 2.45) is 5.10 Å². The van der Waals surface area contributed by atoms with E-state index in [0.717, 1.165) is 18.3 Å². The first-order valence-electron chi connectivity index (χ1n) is 4.89. The molecule has 0 bridgehead atoms. The molecule has 0 aromatic carbocycles. The molecule has 1 aliphatic rings. The minimum Gasteiger partial charge on any atom is -0.329 e. The van der Waals surface area contributed by atoms with E-state index < -0.39 is 23.8 Å². The number of hydrogen-bond donors (Lipinski definition) is 0. The maximum atomic E-state index is 13.4. The van der Waals surface area contributed by atoms with Gasteiger partial charge in [-0.1, -0.05) is 0 Å². The topological polar surface area (TPSA) is 18.8 Å². The van der Waals surface area contributed by atoms with E-state index in [2.05, 4.69) is 5.10 Å². The van der Waals surface area contributed by atoms with Gasteiger partial charge in [0, 0.05) is 12.6 Å². The summed E-state index contributed by atoms with van der Waals surface area (Å²) in [7, 11) is 1.09. The molecule has 0 amide bonds. The second kappa shape index (κ2) is 3.71. The van der Waals surface area contributed by atoms with Crippen LogP contribution in [0.15, 0.2) is 5.10 Å². The van der Waals surface area contributed by atoms with Crippen molar-refractivity contribution in [1.82, 2.24) is 9.91 Å². The summed E-state index contributed by atoms with van der Waals surface area (Å²) in [5.41, 5.74) is -0.881. The average molecular weight is 259 g/mol. The Morgan fingerprint density at radius 3 is 1.88 bits per heavy atom. The minimum atomic E-state index is -5.61. The molecule has 0 spiro atoms. The lowest BCUT2D eigenvalue weighted by atomic mass is 10.0. The Kier molecular flexibility index (Phi) is 3.05. The highest BCUT2D eigenvalue weighted by Gasteiger charge is 2.67. The van der Waals surface area contributed by atoms with Crippen molar-refractivity contribution >= 4 is 6.34 Å². The average Bonchev–Trinajstić information content (AvgIpc) is 2.44. The molecule has 0 aromatic rings. The summed E-state index contributed by atoms with van der Waals surface area (Å²) >= 11 is 0. The van der Waals surface area contributed by atoms with Crippen LogP contribution in [0.1, 0.15) is 20.8 Å². The molecule has 1 aliphatic heterocycles. The SMILES string of the molecule is CN1N=CN(C(C)(C)C)C1C(F)(F)C(F)(F)F.